The molecule has 0 atom stereocenters. The monoisotopic (exact) mass is 401 g/mol. The second kappa shape index (κ2) is 7.95. The number of aromatic nitrogens is 1. The molecule has 0 bridgehead atoms. The Morgan fingerprint density at radius 2 is 1.80 bits per heavy atom. The number of rotatable bonds is 5. The number of ketones is 1. The van der Waals surface area contributed by atoms with Gasteiger partial charge in [0.25, 0.3) is 0 Å². The quantitative estimate of drug-likeness (QED) is 0.454. The fourth-order valence-electron chi connectivity index (χ4n) is 3.57. The highest BCUT2D eigenvalue weighted by Crippen LogP contribution is 2.19. The number of aryl methyl sites for hydroxylation is 1. The molecule has 3 aromatic carbocycles. The molecule has 4 nitrogen and oxygen atoms in total. The Balaban J connectivity index is 1.87. The van der Waals surface area contributed by atoms with Gasteiger partial charge in [-0.25, -0.2) is 4.39 Å². The first-order valence-corrected chi connectivity index (χ1v) is 9.53. The molecule has 0 amide bonds. The van der Waals surface area contributed by atoms with Gasteiger partial charge >= 0.3 is 0 Å². The Labute approximate surface area is 173 Å². The molecule has 0 aliphatic rings. The molecule has 1 aromatic heterocycles. The Hall–Kier alpha value is -3.73. The summed E-state index contributed by atoms with van der Waals surface area (Å²) < 4.78 is 20.9. The number of nitrogens with zero attached hydrogens (tertiary/aromatic N) is 1. The van der Waals surface area contributed by atoms with Gasteiger partial charge in [0.15, 0.2) is 5.78 Å². The van der Waals surface area contributed by atoms with Gasteiger partial charge in [-0.1, -0.05) is 29.8 Å². The van der Waals surface area contributed by atoms with Crippen LogP contribution in [0.1, 0.15) is 27.0 Å². The smallest absolute Gasteiger partial charge is 0.200 e. The summed E-state index contributed by atoms with van der Waals surface area (Å²) in [6.45, 7) is 2.45. The Kier molecular flexibility index (Phi) is 5.19. The molecule has 0 unspecified atom stereocenters. The highest BCUT2D eigenvalue weighted by molar-refractivity contribution is 6.10. The minimum absolute atomic E-state index is 0.00548. The molecule has 0 radical (unpaired) electrons. The van der Waals surface area contributed by atoms with Gasteiger partial charge in [-0.2, -0.15) is 0 Å². The first-order valence-electron chi connectivity index (χ1n) is 9.53. The van der Waals surface area contributed by atoms with Crippen molar-refractivity contribution in [3.8, 4) is 5.75 Å². The van der Waals surface area contributed by atoms with Crippen LogP contribution in [-0.2, 0) is 6.54 Å². The zero-order valence-corrected chi connectivity index (χ0v) is 16.7. The number of methoxy groups -OCH3 is 1. The number of ether oxygens (including phenoxy) is 1. The minimum Gasteiger partial charge on any atom is -0.497 e. The van der Waals surface area contributed by atoms with Crippen molar-refractivity contribution < 1.29 is 13.9 Å². The number of carbonyl (C=O) groups is 1. The third kappa shape index (κ3) is 3.74. The molecule has 30 heavy (non-hydrogen) atoms. The van der Waals surface area contributed by atoms with Gasteiger partial charge in [0.1, 0.15) is 11.6 Å². The van der Waals surface area contributed by atoms with Gasteiger partial charge in [0.2, 0.25) is 5.43 Å². The van der Waals surface area contributed by atoms with Crippen molar-refractivity contribution in [1.29, 1.82) is 0 Å². The second-order valence-corrected chi connectivity index (χ2v) is 7.21. The summed E-state index contributed by atoms with van der Waals surface area (Å²) in [4.78, 5) is 26.2. The van der Waals surface area contributed by atoms with Crippen LogP contribution in [0.3, 0.4) is 0 Å². The summed E-state index contributed by atoms with van der Waals surface area (Å²) in [6.07, 6.45) is 1.57. The van der Waals surface area contributed by atoms with Gasteiger partial charge < -0.3 is 9.30 Å². The van der Waals surface area contributed by atoms with E-state index >= 15 is 0 Å². The zero-order chi connectivity index (χ0) is 21.3. The first kappa shape index (κ1) is 19.6. The van der Waals surface area contributed by atoms with E-state index in [1.54, 1.807) is 43.6 Å². The van der Waals surface area contributed by atoms with Crippen molar-refractivity contribution in [2.24, 2.45) is 0 Å². The largest absolute Gasteiger partial charge is 0.497 e. The van der Waals surface area contributed by atoms with Crippen molar-refractivity contribution in [2.75, 3.05) is 7.11 Å². The van der Waals surface area contributed by atoms with Crippen LogP contribution < -0.4 is 10.2 Å². The van der Waals surface area contributed by atoms with E-state index in [4.69, 9.17) is 4.74 Å². The maximum Gasteiger partial charge on any atom is 0.200 e. The van der Waals surface area contributed by atoms with E-state index in [0.717, 1.165) is 11.1 Å². The van der Waals surface area contributed by atoms with Gasteiger partial charge in [-0.15, -0.1) is 0 Å². The lowest BCUT2D eigenvalue weighted by Crippen LogP contribution is -2.20. The van der Waals surface area contributed by atoms with Crippen LogP contribution in [0.4, 0.5) is 4.39 Å². The lowest BCUT2D eigenvalue weighted by Gasteiger charge is -2.14. The highest BCUT2D eigenvalue weighted by Gasteiger charge is 2.18. The van der Waals surface area contributed by atoms with E-state index in [0.29, 0.717) is 23.4 Å². The first-order chi connectivity index (χ1) is 14.5. The number of carbonyl (C=O) groups excluding carboxylic acids is 1. The van der Waals surface area contributed by atoms with Crippen molar-refractivity contribution in [1.82, 2.24) is 4.57 Å². The molecule has 0 saturated heterocycles. The van der Waals surface area contributed by atoms with Crippen molar-refractivity contribution >= 4 is 16.7 Å². The molecule has 150 valence electrons. The van der Waals surface area contributed by atoms with Crippen LogP contribution >= 0.6 is 0 Å². The molecule has 0 spiro atoms. The summed E-state index contributed by atoms with van der Waals surface area (Å²) in [6, 6.07) is 18.6. The van der Waals surface area contributed by atoms with Crippen LogP contribution in [0.15, 0.2) is 77.7 Å². The molecule has 4 aromatic rings. The molecule has 4 rings (SSSR count). The lowest BCUT2D eigenvalue weighted by atomic mass is 10.0. The number of pyridine rings is 1. The minimum atomic E-state index is -0.518. The highest BCUT2D eigenvalue weighted by atomic mass is 19.1. The Morgan fingerprint density at radius 1 is 1.03 bits per heavy atom. The number of benzene rings is 3. The summed E-state index contributed by atoms with van der Waals surface area (Å²) in [5.74, 6) is -0.313. The maximum absolute atomic E-state index is 13.9. The molecule has 0 aliphatic carbocycles. The van der Waals surface area contributed by atoms with Gasteiger partial charge in [-0.05, 0) is 55.0 Å². The number of hydrogen-bond acceptors (Lipinski definition) is 3. The fraction of sp³-hybridized carbons (Fsp3) is 0.120. The van der Waals surface area contributed by atoms with E-state index in [2.05, 4.69) is 0 Å². The van der Waals surface area contributed by atoms with Crippen molar-refractivity contribution in [2.45, 2.75) is 13.5 Å². The number of hydrogen-bond donors (Lipinski definition) is 0. The van der Waals surface area contributed by atoms with Crippen molar-refractivity contribution in [3.05, 3.63) is 111 Å². The van der Waals surface area contributed by atoms with E-state index in [1.807, 2.05) is 35.8 Å². The van der Waals surface area contributed by atoms with Crippen LogP contribution in [0.5, 0.6) is 5.75 Å². The second-order valence-electron chi connectivity index (χ2n) is 7.21. The molecule has 0 aliphatic heterocycles. The average molecular weight is 401 g/mol. The summed E-state index contributed by atoms with van der Waals surface area (Å²) >= 11 is 0. The normalized spacial score (nSPS) is 10.9. The molecule has 1 heterocycles. The number of fused-ring (bicyclic) bond motifs is 1. The molecule has 0 N–H and O–H groups in total. The molecule has 0 fully saturated rings. The Morgan fingerprint density at radius 3 is 2.50 bits per heavy atom. The molecular weight excluding hydrogens is 381 g/mol. The topological polar surface area (TPSA) is 48.3 Å². The van der Waals surface area contributed by atoms with E-state index in [9.17, 15) is 14.0 Å². The average Bonchev–Trinajstić information content (AvgIpc) is 2.75. The van der Waals surface area contributed by atoms with Crippen LogP contribution in [-0.4, -0.2) is 17.5 Å². The van der Waals surface area contributed by atoms with E-state index < -0.39 is 17.0 Å². The lowest BCUT2D eigenvalue weighted by molar-refractivity contribution is 0.103. The Bertz CT molecular complexity index is 1310. The maximum atomic E-state index is 13.9. The van der Waals surface area contributed by atoms with Gasteiger partial charge in [0, 0.05) is 23.7 Å². The van der Waals surface area contributed by atoms with Crippen LogP contribution in [0.25, 0.3) is 10.9 Å². The molecule has 0 saturated carbocycles. The number of halogens is 1. The van der Waals surface area contributed by atoms with Crippen LogP contribution in [0.2, 0.25) is 0 Å². The fourth-order valence-corrected chi connectivity index (χ4v) is 3.57. The van der Waals surface area contributed by atoms with E-state index in [-0.39, 0.29) is 10.9 Å². The van der Waals surface area contributed by atoms with Gasteiger partial charge in [0.05, 0.1) is 18.2 Å². The van der Waals surface area contributed by atoms with Crippen LogP contribution in [0, 0.1) is 12.7 Å². The molecule has 5 heteroatoms. The summed E-state index contributed by atoms with van der Waals surface area (Å²) in [5.41, 5.74) is 2.60. The molecular formula is C25H20FNO3. The SMILES string of the molecule is COc1ccc(C(=O)c2cn(Cc3cccc(C)c3)c3ccc(F)cc3c2=O)cc1. The van der Waals surface area contributed by atoms with E-state index in [1.165, 1.54) is 12.1 Å². The third-order valence-corrected chi connectivity index (χ3v) is 5.07. The predicted molar refractivity (Wildman–Crippen MR) is 115 cm³/mol. The van der Waals surface area contributed by atoms with Crippen molar-refractivity contribution in [3.63, 3.8) is 0 Å². The van der Waals surface area contributed by atoms with Gasteiger partial charge in [-0.3, -0.25) is 9.59 Å². The third-order valence-electron chi connectivity index (χ3n) is 5.07. The standard InChI is InChI=1S/C25H20FNO3/c1-16-4-3-5-17(12-16)14-27-15-22(24(28)18-6-9-20(30-2)10-7-18)25(29)21-13-19(26)8-11-23(21)27/h3-13,15H,14H2,1-2H3. The predicted octanol–water partition coefficient (Wildman–Crippen LogP) is 4.74. The zero-order valence-electron chi connectivity index (χ0n) is 16.7. The summed E-state index contributed by atoms with van der Waals surface area (Å²) in [5, 5.41) is 0.182. The summed E-state index contributed by atoms with van der Waals surface area (Å²) in [7, 11) is 1.54.